The molecule has 0 saturated carbocycles. The number of carboxylic acid groups (broad SMARTS) is 1. The fourth-order valence-corrected chi connectivity index (χ4v) is 2.13. The van der Waals surface area contributed by atoms with Gasteiger partial charge in [-0.25, -0.2) is 9.78 Å². The molecule has 0 atom stereocenters. The standard InChI is InChI=1S/C12H10BrNO3/c1-6-3-4-7(13)11-10(6)9(17-2)5-8(14-11)12(15)16/h3-5H,1-2H3,(H,15,16). The molecule has 0 saturated heterocycles. The number of halogens is 1. The van der Waals surface area contributed by atoms with E-state index >= 15 is 0 Å². The van der Waals surface area contributed by atoms with Gasteiger partial charge >= 0.3 is 5.97 Å². The third-order valence-corrected chi connectivity index (χ3v) is 3.16. The Labute approximate surface area is 106 Å². The number of aryl methyl sites for hydroxylation is 1. The number of hydrogen-bond acceptors (Lipinski definition) is 3. The molecule has 0 aliphatic carbocycles. The summed E-state index contributed by atoms with van der Waals surface area (Å²) in [7, 11) is 1.51. The van der Waals surface area contributed by atoms with Crippen molar-refractivity contribution in [1.29, 1.82) is 0 Å². The van der Waals surface area contributed by atoms with Gasteiger partial charge in [-0.15, -0.1) is 0 Å². The Morgan fingerprint density at radius 3 is 2.76 bits per heavy atom. The zero-order valence-corrected chi connectivity index (χ0v) is 10.9. The molecule has 1 N–H and O–H groups in total. The maximum absolute atomic E-state index is 11.0. The molecule has 0 amide bonds. The van der Waals surface area contributed by atoms with Crippen molar-refractivity contribution < 1.29 is 14.6 Å². The number of ether oxygens (including phenoxy) is 1. The average molecular weight is 296 g/mol. The fourth-order valence-electron chi connectivity index (χ4n) is 1.71. The summed E-state index contributed by atoms with van der Waals surface area (Å²) < 4.78 is 5.98. The molecule has 0 radical (unpaired) electrons. The van der Waals surface area contributed by atoms with E-state index in [9.17, 15) is 4.79 Å². The lowest BCUT2D eigenvalue weighted by Gasteiger charge is -2.10. The van der Waals surface area contributed by atoms with Gasteiger partial charge in [0.05, 0.1) is 12.6 Å². The second-order valence-electron chi connectivity index (χ2n) is 3.60. The highest BCUT2D eigenvalue weighted by atomic mass is 79.9. The molecule has 5 heteroatoms. The van der Waals surface area contributed by atoms with Gasteiger partial charge in [0, 0.05) is 15.9 Å². The SMILES string of the molecule is COc1cc(C(=O)O)nc2c(Br)ccc(C)c12. The highest BCUT2D eigenvalue weighted by molar-refractivity contribution is 9.10. The summed E-state index contributed by atoms with van der Waals surface area (Å²) in [5.41, 5.74) is 1.56. The van der Waals surface area contributed by atoms with Gasteiger partial charge in [0.2, 0.25) is 0 Å². The number of benzene rings is 1. The van der Waals surface area contributed by atoms with Crippen LogP contribution in [0.2, 0.25) is 0 Å². The first-order valence-electron chi connectivity index (χ1n) is 4.91. The van der Waals surface area contributed by atoms with Crippen LogP contribution in [-0.2, 0) is 0 Å². The molecule has 0 fully saturated rings. The second kappa shape index (κ2) is 4.33. The number of aromatic carboxylic acids is 1. The summed E-state index contributed by atoms with van der Waals surface area (Å²) in [5, 5.41) is 9.82. The fraction of sp³-hybridized carbons (Fsp3) is 0.167. The van der Waals surface area contributed by atoms with E-state index in [1.807, 2.05) is 19.1 Å². The number of pyridine rings is 1. The van der Waals surface area contributed by atoms with E-state index < -0.39 is 5.97 Å². The van der Waals surface area contributed by atoms with Gasteiger partial charge in [-0.3, -0.25) is 0 Å². The van der Waals surface area contributed by atoms with Gasteiger partial charge < -0.3 is 9.84 Å². The molecule has 0 spiro atoms. The van der Waals surface area contributed by atoms with Gasteiger partial charge in [0.1, 0.15) is 5.75 Å². The van der Waals surface area contributed by atoms with Crippen LogP contribution in [-0.4, -0.2) is 23.2 Å². The predicted octanol–water partition coefficient (Wildman–Crippen LogP) is 3.01. The summed E-state index contributed by atoms with van der Waals surface area (Å²) >= 11 is 3.37. The van der Waals surface area contributed by atoms with Crippen molar-refractivity contribution in [3.8, 4) is 5.75 Å². The maximum atomic E-state index is 11.0. The molecule has 0 bridgehead atoms. The van der Waals surface area contributed by atoms with E-state index in [0.29, 0.717) is 11.3 Å². The van der Waals surface area contributed by atoms with Crippen molar-refractivity contribution in [3.63, 3.8) is 0 Å². The number of fused-ring (bicyclic) bond motifs is 1. The molecule has 1 aromatic carbocycles. The molecule has 0 aliphatic heterocycles. The number of nitrogens with zero attached hydrogens (tertiary/aromatic N) is 1. The van der Waals surface area contributed by atoms with Crippen LogP contribution in [0.15, 0.2) is 22.7 Å². The van der Waals surface area contributed by atoms with Gasteiger partial charge in [0.15, 0.2) is 5.69 Å². The van der Waals surface area contributed by atoms with Crippen LogP contribution in [0, 0.1) is 6.92 Å². The smallest absolute Gasteiger partial charge is 0.354 e. The summed E-state index contributed by atoms with van der Waals surface area (Å²) in [6, 6.07) is 5.21. The molecular weight excluding hydrogens is 286 g/mol. The van der Waals surface area contributed by atoms with Crippen LogP contribution < -0.4 is 4.74 Å². The Bertz CT molecular complexity index is 610. The Kier molecular flexibility index (Phi) is 3.02. The van der Waals surface area contributed by atoms with E-state index in [1.54, 1.807) is 0 Å². The first-order chi connectivity index (χ1) is 8.04. The summed E-state index contributed by atoms with van der Waals surface area (Å²) in [6.07, 6.45) is 0. The minimum absolute atomic E-state index is 0.0272. The third-order valence-electron chi connectivity index (χ3n) is 2.52. The van der Waals surface area contributed by atoms with Crippen molar-refractivity contribution in [3.05, 3.63) is 33.9 Å². The van der Waals surface area contributed by atoms with Crippen LogP contribution in [0.25, 0.3) is 10.9 Å². The molecule has 2 aromatic rings. The maximum Gasteiger partial charge on any atom is 0.354 e. The van der Waals surface area contributed by atoms with Crippen LogP contribution in [0.1, 0.15) is 16.1 Å². The zero-order valence-electron chi connectivity index (χ0n) is 9.32. The molecule has 88 valence electrons. The highest BCUT2D eigenvalue weighted by Crippen LogP contribution is 2.32. The first-order valence-corrected chi connectivity index (χ1v) is 5.71. The predicted molar refractivity (Wildman–Crippen MR) is 67.7 cm³/mol. The Balaban J connectivity index is 2.91. The van der Waals surface area contributed by atoms with Crippen LogP contribution in [0.5, 0.6) is 5.75 Å². The van der Waals surface area contributed by atoms with Gasteiger partial charge in [0.25, 0.3) is 0 Å². The Hall–Kier alpha value is -1.62. The number of methoxy groups -OCH3 is 1. The molecule has 1 aromatic heterocycles. The zero-order chi connectivity index (χ0) is 12.6. The van der Waals surface area contributed by atoms with E-state index in [-0.39, 0.29) is 5.69 Å². The van der Waals surface area contributed by atoms with Crippen LogP contribution in [0.4, 0.5) is 0 Å². The molecule has 0 unspecified atom stereocenters. The summed E-state index contributed by atoms with van der Waals surface area (Å²) in [6.45, 7) is 1.93. The largest absolute Gasteiger partial charge is 0.496 e. The van der Waals surface area contributed by atoms with Crippen molar-refractivity contribution in [2.75, 3.05) is 7.11 Å². The number of rotatable bonds is 2. The highest BCUT2D eigenvalue weighted by Gasteiger charge is 2.14. The first kappa shape index (κ1) is 11.9. The lowest BCUT2D eigenvalue weighted by molar-refractivity contribution is 0.0690. The van der Waals surface area contributed by atoms with Gasteiger partial charge in [-0.05, 0) is 34.5 Å². The summed E-state index contributed by atoms with van der Waals surface area (Å²) in [5.74, 6) is -0.551. The lowest BCUT2D eigenvalue weighted by atomic mass is 10.1. The van der Waals surface area contributed by atoms with Crippen molar-refractivity contribution in [1.82, 2.24) is 4.98 Å². The number of carboxylic acids is 1. The van der Waals surface area contributed by atoms with E-state index in [4.69, 9.17) is 9.84 Å². The lowest BCUT2D eigenvalue weighted by Crippen LogP contribution is -2.02. The van der Waals surface area contributed by atoms with E-state index in [1.165, 1.54) is 13.2 Å². The number of carbonyl (C=O) groups is 1. The van der Waals surface area contributed by atoms with Crippen molar-refractivity contribution in [2.45, 2.75) is 6.92 Å². The van der Waals surface area contributed by atoms with Crippen LogP contribution in [0.3, 0.4) is 0 Å². The monoisotopic (exact) mass is 295 g/mol. The van der Waals surface area contributed by atoms with Crippen LogP contribution >= 0.6 is 15.9 Å². The minimum atomic E-state index is -1.07. The Morgan fingerprint density at radius 2 is 2.18 bits per heavy atom. The molecular formula is C12H10BrNO3. The quantitative estimate of drug-likeness (QED) is 0.925. The van der Waals surface area contributed by atoms with Gasteiger partial charge in [-0.1, -0.05) is 6.07 Å². The molecule has 0 aliphatic rings. The van der Waals surface area contributed by atoms with Crippen molar-refractivity contribution >= 4 is 32.8 Å². The molecule has 2 rings (SSSR count). The van der Waals surface area contributed by atoms with Gasteiger partial charge in [-0.2, -0.15) is 0 Å². The Morgan fingerprint density at radius 1 is 1.47 bits per heavy atom. The second-order valence-corrected chi connectivity index (χ2v) is 4.46. The van der Waals surface area contributed by atoms with E-state index in [0.717, 1.165) is 15.4 Å². The number of hydrogen-bond donors (Lipinski definition) is 1. The normalized spacial score (nSPS) is 10.5. The number of aromatic nitrogens is 1. The molecule has 17 heavy (non-hydrogen) atoms. The summed E-state index contributed by atoms with van der Waals surface area (Å²) in [4.78, 5) is 15.1. The minimum Gasteiger partial charge on any atom is -0.496 e. The average Bonchev–Trinajstić information content (AvgIpc) is 2.32. The molecule has 1 heterocycles. The van der Waals surface area contributed by atoms with Crippen molar-refractivity contribution in [2.24, 2.45) is 0 Å². The van der Waals surface area contributed by atoms with E-state index in [2.05, 4.69) is 20.9 Å². The topological polar surface area (TPSA) is 59.4 Å². The third kappa shape index (κ3) is 1.98. The molecule has 4 nitrogen and oxygen atoms in total.